The number of halogens is 1. The molecule has 1 atom stereocenters. The molecule has 0 fully saturated rings. The number of amides is 2. The van der Waals surface area contributed by atoms with Gasteiger partial charge in [0.15, 0.2) is 0 Å². The van der Waals surface area contributed by atoms with Crippen LogP contribution in [0.5, 0.6) is 0 Å². The maximum Gasteiger partial charge on any atom is 0.243 e. The summed E-state index contributed by atoms with van der Waals surface area (Å²) in [5.41, 5.74) is 1.78. The summed E-state index contributed by atoms with van der Waals surface area (Å²) in [6.45, 7) is 6.00. The van der Waals surface area contributed by atoms with Crippen molar-refractivity contribution in [3.05, 3.63) is 71.5 Å². The molecule has 0 aliphatic heterocycles. The van der Waals surface area contributed by atoms with E-state index in [1.54, 1.807) is 17.0 Å². The molecule has 0 heterocycles. The van der Waals surface area contributed by atoms with Crippen LogP contribution in [0.4, 0.5) is 4.39 Å². The maximum atomic E-state index is 13.3. The molecule has 2 aromatic rings. The molecule has 0 aliphatic rings. The molecule has 5 heteroatoms. The van der Waals surface area contributed by atoms with Gasteiger partial charge in [0.25, 0.3) is 0 Å². The molecular weight excluding hydrogens is 355 g/mol. The van der Waals surface area contributed by atoms with Crippen LogP contribution in [0.1, 0.15) is 44.7 Å². The van der Waals surface area contributed by atoms with E-state index in [2.05, 4.69) is 5.32 Å². The van der Waals surface area contributed by atoms with Crippen LogP contribution < -0.4 is 5.32 Å². The zero-order chi connectivity index (χ0) is 20.5. The molecule has 4 nitrogen and oxygen atoms in total. The third-order valence-electron chi connectivity index (χ3n) is 4.43. The lowest BCUT2D eigenvalue weighted by Gasteiger charge is -2.32. The van der Waals surface area contributed by atoms with Gasteiger partial charge in [0.1, 0.15) is 11.9 Å². The third-order valence-corrected chi connectivity index (χ3v) is 4.43. The second-order valence-corrected chi connectivity index (χ2v) is 7.27. The highest BCUT2D eigenvalue weighted by molar-refractivity contribution is 5.88. The van der Waals surface area contributed by atoms with Crippen molar-refractivity contribution >= 4 is 11.8 Å². The molecule has 2 rings (SSSR count). The number of hydrogen-bond donors (Lipinski definition) is 1. The van der Waals surface area contributed by atoms with E-state index >= 15 is 0 Å². The Morgan fingerprint density at radius 3 is 2.21 bits per heavy atom. The minimum Gasteiger partial charge on any atom is -0.352 e. The van der Waals surface area contributed by atoms with Gasteiger partial charge in [-0.2, -0.15) is 0 Å². The normalized spacial score (nSPS) is 11.9. The summed E-state index contributed by atoms with van der Waals surface area (Å²) in [5, 5.41) is 2.94. The van der Waals surface area contributed by atoms with Gasteiger partial charge in [-0.25, -0.2) is 4.39 Å². The summed E-state index contributed by atoms with van der Waals surface area (Å²) >= 11 is 0. The first-order valence-electron chi connectivity index (χ1n) is 9.79. The van der Waals surface area contributed by atoms with E-state index in [0.29, 0.717) is 19.3 Å². The van der Waals surface area contributed by atoms with Crippen LogP contribution >= 0.6 is 0 Å². The summed E-state index contributed by atoms with van der Waals surface area (Å²) in [6.07, 6.45) is 1.49. The summed E-state index contributed by atoms with van der Waals surface area (Å²) in [4.78, 5) is 27.5. The molecule has 1 N–H and O–H groups in total. The Labute approximate surface area is 166 Å². The zero-order valence-electron chi connectivity index (χ0n) is 16.8. The monoisotopic (exact) mass is 384 g/mol. The Morgan fingerprint density at radius 1 is 1.00 bits per heavy atom. The molecule has 2 amide bonds. The highest BCUT2D eigenvalue weighted by atomic mass is 19.1. The Hall–Kier alpha value is -2.69. The van der Waals surface area contributed by atoms with Gasteiger partial charge in [0, 0.05) is 25.4 Å². The van der Waals surface area contributed by atoms with Crippen molar-refractivity contribution in [1.82, 2.24) is 10.2 Å². The molecule has 150 valence electrons. The molecule has 2 aromatic carbocycles. The quantitative estimate of drug-likeness (QED) is 0.708. The van der Waals surface area contributed by atoms with Crippen molar-refractivity contribution in [1.29, 1.82) is 0 Å². The second-order valence-electron chi connectivity index (χ2n) is 7.27. The van der Waals surface area contributed by atoms with E-state index in [1.165, 1.54) is 12.1 Å². The predicted molar refractivity (Wildman–Crippen MR) is 109 cm³/mol. The van der Waals surface area contributed by atoms with Crippen LogP contribution in [0.2, 0.25) is 0 Å². The highest BCUT2D eigenvalue weighted by Gasteiger charge is 2.30. The number of nitrogens with zero attached hydrogens (tertiary/aromatic N) is 1. The first kappa shape index (κ1) is 21.6. The minimum absolute atomic E-state index is 0.0280. The number of hydrogen-bond acceptors (Lipinski definition) is 2. The molecule has 0 aromatic heterocycles. The SMILES string of the molecule is CCCC(=O)N(Cc1ccc(F)cc1)[C@@H](Cc1ccccc1)C(=O)NC(C)C. The van der Waals surface area contributed by atoms with Gasteiger partial charge in [-0.15, -0.1) is 0 Å². The Balaban J connectivity index is 2.35. The van der Waals surface area contributed by atoms with Gasteiger partial charge >= 0.3 is 0 Å². The number of carbonyl (C=O) groups is 2. The topological polar surface area (TPSA) is 49.4 Å². The van der Waals surface area contributed by atoms with Crippen LogP contribution in [0, 0.1) is 5.82 Å². The van der Waals surface area contributed by atoms with E-state index in [-0.39, 0.29) is 30.2 Å². The largest absolute Gasteiger partial charge is 0.352 e. The smallest absolute Gasteiger partial charge is 0.243 e. The summed E-state index contributed by atoms with van der Waals surface area (Å²) in [6, 6.07) is 15.1. The molecule has 0 unspecified atom stereocenters. The number of benzene rings is 2. The second kappa shape index (κ2) is 10.6. The first-order chi connectivity index (χ1) is 13.4. The third kappa shape index (κ3) is 6.48. The highest BCUT2D eigenvalue weighted by Crippen LogP contribution is 2.17. The van der Waals surface area contributed by atoms with Crippen LogP contribution in [0.25, 0.3) is 0 Å². The standard InChI is InChI=1S/C23H29FN2O2/c1-4-8-22(27)26(16-19-11-13-20(24)14-12-19)21(23(28)25-17(2)3)15-18-9-6-5-7-10-18/h5-7,9-14,17,21H,4,8,15-16H2,1-3H3,(H,25,28)/t21-/m0/s1. The summed E-state index contributed by atoms with van der Waals surface area (Å²) in [5.74, 6) is -0.578. The van der Waals surface area contributed by atoms with E-state index in [1.807, 2.05) is 51.1 Å². The van der Waals surface area contributed by atoms with Gasteiger partial charge in [-0.3, -0.25) is 9.59 Å². The first-order valence-corrected chi connectivity index (χ1v) is 9.79. The van der Waals surface area contributed by atoms with Crippen LogP contribution in [0.15, 0.2) is 54.6 Å². The number of rotatable bonds is 9. The predicted octanol–water partition coefficient (Wildman–Crippen LogP) is 4.09. The molecule has 0 aliphatic carbocycles. The molecule has 0 spiro atoms. The summed E-state index contributed by atoms with van der Waals surface area (Å²) in [7, 11) is 0. The van der Waals surface area contributed by atoms with Crippen molar-refractivity contribution in [3.63, 3.8) is 0 Å². The summed E-state index contributed by atoms with van der Waals surface area (Å²) < 4.78 is 13.3. The fourth-order valence-electron chi connectivity index (χ4n) is 3.08. The fraction of sp³-hybridized carbons (Fsp3) is 0.391. The number of carbonyl (C=O) groups excluding carboxylic acids is 2. The van der Waals surface area contributed by atoms with E-state index in [9.17, 15) is 14.0 Å². The Morgan fingerprint density at radius 2 is 1.64 bits per heavy atom. The molecule has 0 saturated heterocycles. The molecule has 0 radical (unpaired) electrons. The van der Waals surface area contributed by atoms with Gasteiger partial charge < -0.3 is 10.2 Å². The van der Waals surface area contributed by atoms with Crippen molar-refractivity contribution in [3.8, 4) is 0 Å². The van der Waals surface area contributed by atoms with Gasteiger partial charge in [0.2, 0.25) is 11.8 Å². The van der Waals surface area contributed by atoms with Gasteiger partial charge in [-0.05, 0) is 43.5 Å². The van der Waals surface area contributed by atoms with Crippen molar-refractivity contribution in [2.45, 2.75) is 58.7 Å². The van der Waals surface area contributed by atoms with Crippen LogP contribution in [-0.2, 0) is 22.6 Å². The Kier molecular flexibility index (Phi) is 8.18. The number of nitrogens with one attached hydrogen (secondary N) is 1. The van der Waals surface area contributed by atoms with Gasteiger partial charge in [-0.1, -0.05) is 49.4 Å². The van der Waals surface area contributed by atoms with Gasteiger partial charge in [0.05, 0.1) is 0 Å². The molecular formula is C23H29FN2O2. The average Bonchev–Trinajstić information content (AvgIpc) is 2.66. The van der Waals surface area contributed by atoms with E-state index in [0.717, 1.165) is 11.1 Å². The average molecular weight is 384 g/mol. The lowest BCUT2D eigenvalue weighted by Crippen LogP contribution is -2.51. The zero-order valence-corrected chi connectivity index (χ0v) is 16.8. The Bertz CT molecular complexity index is 760. The van der Waals surface area contributed by atoms with E-state index < -0.39 is 6.04 Å². The van der Waals surface area contributed by atoms with Crippen LogP contribution in [-0.4, -0.2) is 28.8 Å². The lowest BCUT2D eigenvalue weighted by atomic mass is 10.0. The minimum atomic E-state index is -0.631. The lowest BCUT2D eigenvalue weighted by molar-refractivity contribution is -0.141. The maximum absolute atomic E-state index is 13.3. The van der Waals surface area contributed by atoms with E-state index in [4.69, 9.17) is 0 Å². The molecule has 0 saturated carbocycles. The van der Waals surface area contributed by atoms with Crippen molar-refractivity contribution < 1.29 is 14.0 Å². The molecule has 28 heavy (non-hydrogen) atoms. The fourth-order valence-corrected chi connectivity index (χ4v) is 3.08. The van der Waals surface area contributed by atoms with Crippen molar-refractivity contribution in [2.75, 3.05) is 0 Å². The van der Waals surface area contributed by atoms with Crippen molar-refractivity contribution in [2.24, 2.45) is 0 Å². The van der Waals surface area contributed by atoms with Crippen LogP contribution in [0.3, 0.4) is 0 Å². The molecule has 0 bridgehead atoms.